The number of thioether (sulfide) groups is 1. The van der Waals surface area contributed by atoms with E-state index in [1.807, 2.05) is 61.5 Å². The summed E-state index contributed by atoms with van der Waals surface area (Å²) in [5.41, 5.74) is 2.35. The maximum atomic E-state index is 13.5. The van der Waals surface area contributed by atoms with E-state index in [-0.39, 0.29) is 30.7 Å². The van der Waals surface area contributed by atoms with Gasteiger partial charge in [-0.2, -0.15) is 0 Å². The molecule has 38 heavy (non-hydrogen) atoms. The number of nitrogens with one attached hydrogen (secondary N) is 2. The molecule has 194 valence electrons. The number of fused-ring (bicyclic) bond motifs is 3. The van der Waals surface area contributed by atoms with E-state index in [9.17, 15) is 14.4 Å². The smallest absolute Gasteiger partial charge is 0.259 e. The van der Waals surface area contributed by atoms with Crippen LogP contribution < -0.4 is 10.6 Å². The standard InChI is InChI=1S/C28H27N5O4S/c1-2-23(26(35)30-17-19-11-8-14-37-19)38-28-32-21-13-7-6-12-20(21)25-31-22(27(36)33(25)28)15-24(34)29-16-18-9-4-3-5-10-18/h3-14,22-23H,2,15-17H2,1H3,(H,29,34)(H,30,35). The number of hydrogen-bond acceptors (Lipinski definition) is 7. The van der Waals surface area contributed by atoms with Gasteiger partial charge in [-0.25, -0.2) is 9.89 Å². The van der Waals surface area contributed by atoms with Crippen LogP contribution in [0.1, 0.15) is 36.7 Å². The number of amides is 3. The third kappa shape index (κ3) is 5.55. The molecule has 9 nitrogen and oxygen atoms in total. The van der Waals surface area contributed by atoms with E-state index in [0.717, 1.165) is 5.56 Å². The van der Waals surface area contributed by atoms with Crippen LogP contribution in [0.4, 0.5) is 5.69 Å². The number of rotatable bonds is 9. The van der Waals surface area contributed by atoms with Gasteiger partial charge < -0.3 is 15.1 Å². The number of nitrogens with zero attached hydrogens (tertiary/aromatic N) is 3. The highest BCUT2D eigenvalue weighted by Gasteiger charge is 2.43. The molecule has 2 aliphatic rings. The van der Waals surface area contributed by atoms with E-state index in [2.05, 4.69) is 15.6 Å². The zero-order chi connectivity index (χ0) is 26.5. The molecule has 2 aromatic carbocycles. The first-order valence-corrected chi connectivity index (χ1v) is 13.3. The lowest BCUT2D eigenvalue weighted by molar-refractivity contribution is -0.128. The Morgan fingerprint density at radius 2 is 1.82 bits per heavy atom. The van der Waals surface area contributed by atoms with E-state index in [4.69, 9.17) is 9.41 Å². The van der Waals surface area contributed by atoms with Crippen LogP contribution in [0.2, 0.25) is 0 Å². The molecule has 0 fully saturated rings. The molecular weight excluding hydrogens is 502 g/mol. The SMILES string of the molecule is CCC(SC1=Nc2ccccc2C2=NC(CC(=O)NCc3ccccc3)C(=O)N12)C(=O)NCc1ccco1. The second kappa shape index (κ2) is 11.5. The van der Waals surface area contributed by atoms with Crippen molar-refractivity contribution in [2.24, 2.45) is 9.98 Å². The Morgan fingerprint density at radius 3 is 2.58 bits per heavy atom. The van der Waals surface area contributed by atoms with Gasteiger partial charge in [0.2, 0.25) is 11.8 Å². The molecule has 1 aromatic heterocycles. The minimum atomic E-state index is -0.870. The van der Waals surface area contributed by atoms with Crippen LogP contribution in [0.15, 0.2) is 87.4 Å². The third-order valence-corrected chi connectivity index (χ3v) is 7.50. The fraction of sp³-hybridized carbons (Fsp3) is 0.250. The largest absolute Gasteiger partial charge is 0.467 e. The average Bonchev–Trinajstić information content (AvgIpc) is 3.58. The van der Waals surface area contributed by atoms with Gasteiger partial charge in [-0.3, -0.25) is 19.4 Å². The van der Waals surface area contributed by atoms with Crippen molar-refractivity contribution in [3.8, 4) is 0 Å². The number of hydrogen-bond donors (Lipinski definition) is 2. The van der Waals surface area contributed by atoms with Crippen molar-refractivity contribution in [3.63, 3.8) is 0 Å². The third-order valence-electron chi connectivity index (χ3n) is 6.19. The van der Waals surface area contributed by atoms with E-state index >= 15 is 0 Å². The molecule has 2 N–H and O–H groups in total. The summed E-state index contributed by atoms with van der Waals surface area (Å²) in [7, 11) is 0. The van der Waals surface area contributed by atoms with E-state index in [1.165, 1.54) is 16.7 Å². The summed E-state index contributed by atoms with van der Waals surface area (Å²) >= 11 is 1.21. The topological polar surface area (TPSA) is 116 Å². The molecule has 3 amide bonds. The summed E-state index contributed by atoms with van der Waals surface area (Å²) in [5, 5.41) is 5.63. The highest BCUT2D eigenvalue weighted by atomic mass is 32.2. The Hall–Kier alpha value is -4.18. The van der Waals surface area contributed by atoms with E-state index < -0.39 is 11.3 Å². The number of furan rings is 1. The van der Waals surface area contributed by atoms with Gasteiger partial charge in [0.25, 0.3) is 5.91 Å². The van der Waals surface area contributed by atoms with E-state index in [0.29, 0.717) is 41.0 Å². The van der Waals surface area contributed by atoms with Crippen LogP contribution >= 0.6 is 11.8 Å². The van der Waals surface area contributed by atoms with Gasteiger partial charge in [0.05, 0.1) is 30.2 Å². The second-order valence-corrected chi connectivity index (χ2v) is 10.0. The quantitative estimate of drug-likeness (QED) is 0.438. The minimum absolute atomic E-state index is 0.0768. The summed E-state index contributed by atoms with van der Waals surface area (Å²) in [6.45, 7) is 2.55. The summed E-state index contributed by atoms with van der Waals surface area (Å²) in [5.74, 6) is 0.327. The Balaban J connectivity index is 1.31. The maximum Gasteiger partial charge on any atom is 0.259 e. The first-order chi connectivity index (χ1) is 18.5. The molecule has 3 heterocycles. The number of carbonyl (C=O) groups is 3. The lowest BCUT2D eigenvalue weighted by atomic mass is 10.1. The van der Waals surface area contributed by atoms with Crippen LogP contribution in [0, 0.1) is 0 Å². The lowest BCUT2D eigenvalue weighted by Gasteiger charge is -2.27. The van der Waals surface area contributed by atoms with Crippen molar-refractivity contribution >= 4 is 46.2 Å². The lowest BCUT2D eigenvalue weighted by Crippen LogP contribution is -2.43. The molecule has 0 bridgehead atoms. The van der Waals surface area contributed by atoms with Crippen molar-refractivity contribution in [3.05, 3.63) is 89.9 Å². The van der Waals surface area contributed by atoms with Gasteiger partial charge in [0.15, 0.2) is 5.17 Å². The fourth-order valence-electron chi connectivity index (χ4n) is 4.21. The zero-order valence-electron chi connectivity index (χ0n) is 20.8. The average molecular weight is 530 g/mol. The number of carbonyl (C=O) groups excluding carboxylic acids is 3. The number of benzene rings is 2. The highest BCUT2D eigenvalue weighted by Crippen LogP contribution is 2.35. The Kier molecular flexibility index (Phi) is 7.69. The fourth-order valence-corrected chi connectivity index (χ4v) is 5.25. The van der Waals surface area contributed by atoms with Crippen LogP contribution in [0.25, 0.3) is 0 Å². The highest BCUT2D eigenvalue weighted by molar-refractivity contribution is 8.15. The van der Waals surface area contributed by atoms with Gasteiger partial charge in [-0.1, -0.05) is 61.2 Å². The second-order valence-electron chi connectivity index (χ2n) is 8.83. The monoisotopic (exact) mass is 529 g/mol. The van der Waals surface area contributed by atoms with Gasteiger partial charge in [0.1, 0.15) is 17.6 Å². The van der Waals surface area contributed by atoms with Crippen molar-refractivity contribution in [2.75, 3.05) is 0 Å². The molecule has 5 rings (SSSR count). The number of amidine groups is 2. The van der Waals surface area contributed by atoms with Gasteiger partial charge in [-0.15, -0.1) is 0 Å². The van der Waals surface area contributed by atoms with Gasteiger partial charge >= 0.3 is 0 Å². The summed E-state index contributed by atoms with van der Waals surface area (Å²) in [6.07, 6.45) is 2.00. The molecule has 2 unspecified atom stereocenters. The molecule has 10 heteroatoms. The minimum Gasteiger partial charge on any atom is -0.467 e. The predicted octanol–water partition coefficient (Wildman–Crippen LogP) is 3.77. The van der Waals surface area contributed by atoms with Crippen LogP contribution in [-0.4, -0.2) is 44.9 Å². The van der Waals surface area contributed by atoms with Crippen molar-refractivity contribution < 1.29 is 18.8 Å². The Labute approximate surface area is 224 Å². The molecule has 2 aliphatic heterocycles. The maximum absolute atomic E-state index is 13.5. The van der Waals surface area contributed by atoms with Crippen molar-refractivity contribution in [1.82, 2.24) is 15.5 Å². The number of aliphatic imine (C=N–C) groups is 2. The molecule has 0 spiro atoms. The van der Waals surface area contributed by atoms with Crippen LogP contribution in [0.5, 0.6) is 0 Å². The Morgan fingerprint density at radius 1 is 1.03 bits per heavy atom. The molecule has 0 aliphatic carbocycles. The Bertz CT molecular complexity index is 1390. The molecule has 3 aromatic rings. The molecule has 2 atom stereocenters. The summed E-state index contributed by atoms with van der Waals surface area (Å²) < 4.78 is 5.30. The van der Waals surface area contributed by atoms with Crippen LogP contribution in [0.3, 0.4) is 0 Å². The van der Waals surface area contributed by atoms with Crippen molar-refractivity contribution in [2.45, 2.75) is 44.1 Å². The van der Waals surface area contributed by atoms with Gasteiger partial charge in [0, 0.05) is 12.1 Å². The predicted molar refractivity (Wildman–Crippen MR) is 146 cm³/mol. The number of para-hydroxylation sites is 1. The molecular formula is C28H27N5O4S. The zero-order valence-corrected chi connectivity index (χ0v) is 21.6. The molecule has 0 radical (unpaired) electrons. The van der Waals surface area contributed by atoms with Crippen LogP contribution in [-0.2, 0) is 27.5 Å². The summed E-state index contributed by atoms with van der Waals surface area (Å²) in [6, 6.07) is 19.7. The first-order valence-electron chi connectivity index (χ1n) is 12.4. The van der Waals surface area contributed by atoms with E-state index in [1.54, 1.807) is 18.4 Å². The normalized spacial score (nSPS) is 16.7. The van der Waals surface area contributed by atoms with Gasteiger partial charge in [-0.05, 0) is 36.2 Å². The molecule has 0 saturated carbocycles. The summed E-state index contributed by atoms with van der Waals surface area (Å²) in [4.78, 5) is 50.0. The molecule has 0 saturated heterocycles. The first kappa shape index (κ1) is 25.5. The van der Waals surface area contributed by atoms with Crippen molar-refractivity contribution in [1.29, 1.82) is 0 Å².